The highest BCUT2D eigenvalue weighted by atomic mass is 32.2. The van der Waals surface area contributed by atoms with Crippen LogP contribution in [0.25, 0.3) is 0 Å². The topological polar surface area (TPSA) is 49.7 Å². The van der Waals surface area contributed by atoms with Gasteiger partial charge >= 0.3 is 7.12 Å². The Kier molecular flexibility index (Phi) is 5.81. The van der Waals surface area contributed by atoms with Gasteiger partial charge in [0, 0.05) is 16.6 Å². The molecule has 110 valence electrons. The van der Waals surface area contributed by atoms with E-state index in [0.29, 0.717) is 10.7 Å². The summed E-state index contributed by atoms with van der Waals surface area (Å²) in [5.74, 6) is 2.51. The number of thioether (sulfide) groups is 1. The fourth-order valence-corrected chi connectivity index (χ4v) is 4.25. The summed E-state index contributed by atoms with van der Waals surface area (Å²) in [4.78, 5) is 0. The van der Waals surface area contributed by atoms with Crippen molar-refractivity contribution in [2.75, 3.05) is 7.11 Å². The van der Waals surface area contributed by atoms with E-state index in [1.807, 2.05) is 23.9 Å². The average Bonchev–Trinajstić information content (AvgIpc) is 2.44. The zero-order chi connectivity index (χ0) is 14.5. The summed E-state index contributed by atoms with van der Waals surface area (Å²) < 4.78 is 5.36. The van der Waals surface area contributed by atoms with E-state index >= 15 is 0 Å². The fraction of sp³-hybridized carbons (Fsp3) is 0.600. The van der Waals surface area contributed by atoms with Gasteiger partial charge < -0.3 is 14.8 Å². The van der Waals surface area contributed by atoms with Crippen LogP contribution >= 0.6 is 11.8 Å². The van der Waals surface area contributed by atoms with Crippen LogP contribution in [0.2, 0.25) is 0 Å². The summed E-state index contributed by atoms with van der Waals surface area (Å²) >= 11 is 1.96. The molecule has 2 N–H and O–H groups in total. The van der Waals surface area contributed by atoms with E-state index in [1.165, 1.54) is 25.7 Å². The van der Waals surface area contributed by atoms with Crippen LogP contribution in [0.5, 0.6) is 5.75 Å². The molecule has 1 aliphatic rings. The van der Waals surface area contributed by atoms with Crippen molar-refractivity contribution in [2.45, 2.75) is 43.6 Å². The third-order valence-corrected chi connectivity index (χ3v) is 5.34. The van der Waals surface area contributed by atoms with Gasteiger partial charge in [0.15, 0.2) is 0 Å². The van der Waals surface area contributed by atoms with E-state index in [4.69, 9.17) is 4.74 Å². The van der Waals surface area contributed by atoms with Gasteiger partial charge in [0.25, 0.3) is 0 Å². The van der Waals surface area contributed by atoms with E-state index < -0.39 is 7.12 Å². The third-order valence-electron chi connectivity index (χ3n) is 3.97. The van der Waals surface area contributed by atoms with E-state index in [9.17, 15) is 10.0 Å². The highest BCUT2D eigenvalue weighted by Gasteiger charge is 2.20. The molecule has 5 heteroatoms. The maximum atomic E-state index is 9.27. The summed E-state index contributed by atoms with van der Waals surface area (Å²) in [6, 6.07) is 5.34. The van der Waals surface area contributed by atoms with Crippen molar-refractivity contribution in [3.8, 4) is 5.75 Å². The van der Waals surface area contributed by atoms with Gasteiger partial charge in [-0.3, -0.25) is 0 Å². The summed E-state index contributed by atoms with van der Waals surface area (Å²) in [6.45, 7) is 2.33. The summed E-state index contributed by atoms with van der Waals surface area (Å²) in [7, 11) is 0.237. The monoisotopic (exact) mass is 294 g/mol. The molecule has 1 aromatic rings. The lowest BCUT2D eigenvalue weighted by atomic mass is 9.79. The van der Waals surface area contributed by atoms with Gasteiger partial charge in [0.1, 0.15) is 5.75 Å². The Labute approximate surface area is 125 Å². The number of methoxy groups -OCH3 is 1. The highest BCUT2D eigenvalue weighted by molar-refractivity contribution is 7.99. The Morgan fingerprint density at radius 1 is 1.35 bits per heavy atom. The molecule has 0 aromatic heterocycles. The van der Waals surface area contributed by atoms with Crippen molar-refractivity contribution in [2.24, 2.45) is 5.92 Å². The van der Waals surface area contributed by atoms with E-state index in [-0.39, 0.29) is 0 Å². The van der Waals surface area contributed by atoms with Gasteiger partial charge in [-0.05, 0) is 30.3 Å². The summed E-state index contributed by atoms with van der Waals surface area (Å²) in [6.07, 6.45) is 5.26. The Balaban J connectivity index is 2.01. The SMILES string of the molecule is COc1ccc(B(O)O)cc1CSC1CCCC(C)C1. The lowest BCUT2D eigenvalue weighted by Crippen LogP contribution is -2.30. The van der Waals surface area contributed by atoms with Gasteiger partial charge in [-0.2, -0.15) is 11.8 Å². The molecule has 0 radical (unpaired) electrons. The number of hydrogen-bond donors (Lipinski definition) is 2. The van der Waals surface area contributed by atoms with Gasteiger partial charge in [-0.15, -0.1) is 0 Å². The van der Waals surface area contributed by atoms with Gasteiger partial charge in [0.2, 0.25) is 0 Å². The molecule has 1 aliphatic carbocycles. The van der Waals surface area contributed by atoms with Crippen LogP contribution in [0, 0.1) is 5.92 Å². The molecule has 3 nitrogen and oxygen atoms in total. The Morgan fingerprint density at radius 2 is 2.15 bits per heavy atom. The van der Waals surface area contributed by atoms with Crippen molar-refractivity contribution in [1.82, 2.24) is 0 Å². The van der Waals surface area contributed by atoms with Crippen LogP contribution in [0.4, 0.5) is 0 Å². The maximum Gasteiger partial charge on any atom is 0.488 e. The molecule has 2 rings (SSSR count). The molecular weight excluding hydrogens is 271 g/mol. The third kappa shape index (κ3) is 4.17. The molecule has 0 amide bonds. The minimum absolute atomic E-state index is 0.526. The molecule has 0 saturated heterocycles. The van der Waals surface area contributed by atoms with Crippen LogP contribution in [-0.2, 0) is 5.75 Å². The van der Waals surface area contributed by atoms with Crippen molar-refractivity contribution in [1.29, 1.82) is 0 Å². The molecule has 1 aromatic carbocycles. The predicted molar refractivity (Wildman–Crippen MR) is 85.5 cm³/mol. The zero-order valence-electron chi connectivity index (χ0n) is 12.2. The van der Waals surface area contributed by atoms with E-state index in [1.54, 1.807) is 13.2 Å². The Morgan fingerprint density at radius 3 is 2.80 bits per heavy atom. The van der Waals surface area contributed by atoms with Gasteiger partial charge in [-0.25, -0.2) is 0 Å². The van der Waals surface area contributed by atoms with E-state index in [2.05, 4.69) is 6.92 Å². The minimum atomic E-state index is -1.42. The van der Waals surface area contributed by atoms with Crippen molar-refractivity contribution in [3.05, 3.63) is 23.8 Å². The highest BCUT2D eigenvalue weighted by Crippen LogP contribution is 2.34. The quantitative estimate of drug-likeness (QED) is 0.817. The normalized spacial score (nSPS) is 22.6. The van der Waals surface area contributed by atoms with Crippen molar-refractivity contribution >= 4 is 24.3 Å². The smallest absolute Gasteiger partial charge is 0.488 e. The second kappa shape index (κ2) is 7.39. The molecule has 0 heterocycles. The van der Waals surface area contributed by atoms with Crippen LogP contribution in [0.1, 0.15) is 38.2 Å². The Hall–Kier alpha value is -0.645. The number of benzene rings is 1. The van der Waals surface area contributed by atoms with Crippen molar-refractivity contribution < 1.29 is 14.8 Å². The first-order valence-corrected chi connectivity index (χ1v) is 8.29. The molecule has 1 saturated carbocycles. The Bertz CT molecular complexity index is 439. The standard InChI is InChI=1S/C15H23BO3S/c1-11-4-3-5-14(8-11)20-10-12-9-13(16(17)18)6-7-15(12)19-2/h6-7,9,11,14,17-18H,3-5,8,10H2,1-2H3. The lowest BCUT2D eigenvalue weighted by Gasteiger charge is -2.26. The van der Waals surface area contributed by atoms with Gasteiger partial charge in [-0.1, -0.05) is 31.9 Å². The number of rotatable bonds is 5. The largest absolute Gasteiger partial charge is 0.496 e. The van der Waals surface area contributed by atoms with Crippen LogP contribution in [-0.4, -0.2) is 29.5 Å². The second-order valence-corrected chi connectivity index (χ2v) is 6.94. The average molecular weight is 294 g/mol. The molecule has 2 atom stereocenters. The second-order valence-electron chi connectivity index (χ2n) is 5.65. The lowest BCUT2D eigenvalue weighted by molar-refractivity contribution is 0.394. The van der Waals surface area contributed by atoms with Gasteiger partial charge in [0.05, 0.1) is 7.11 Å². The van der Waals surface area contributed by atoms with Crippen LogP contribution < -0.4 is 10.2 Å². The summed E-state index contributed by atoms with van der Waals surface area (Å²) in [5.41, 5.74) is 1.57. The minimum Gasteiger partial charge on any atom is -0.496 e. The van der Waals surface area contributed by atoms with E-state index in [0.717, 1.165) is 23.0 Å². The summed E-state index contributed by atoms with van der Waals surface area (Å²) in [5, 5.41) is 19.3. The first-order valence-electron chi connectivity index (χ1n) is 7.24. The van der Waals surface area contributed by atoms with Crippen LogP contribution in [0.3, 0.4) is 0 Å². The van der Waals surface area contributed by atoms with Crippen molar-refractivity contribution in [3.63, 3.8) is 0 Å². The van der Waals surface area contributed by atoms with Crippen LogP contribution in [0.15, 0.2) is 18.2 Å². The molecule has 1 fully saturated rings. The first kappa shape index (κ1) is 15.7. The maximum absolute atomic E-state index is 9.27. The molecule has 0 spiro atoms. The molecule has 0 bridgehead atoms. The fourth-order valence-electron chi connectivity index (χ4n) is 2.81. The molecule has 2 unspecified atom stereocenters. The number of ether oxygens (including phenoxy) is 1. The molecule has 0 aliphatic heterocycles. The number of hydrogen-bond acceptors (Lipinski definition) is 4. The zero-order valence-corrected chi connectivity index (χ0v) is 13.0. The molecular formula is C15H23BO3S. The predicted octanol–water partition coefficient (Wildman–Crippen LogP) is 2.19. The first-order chi connectivity index (χ1) is 9.60. The molecule has 20 heavy (non-hydrogen) atoms.